The van der Waals surface area contributed by atoms with E-state index >= 15 is 0 Å². The fourth-order valence-electron chi connectivity index (χ4n) is 8.77. The van der Waals surface area contributed by atoms with E-state index in [1.54, 1.807) is 6.07 Å². The molecule has 0 aliphatic rings. The third kappa shape index (κ3) is 7.72. The molecule has 0 amide bonds. The monoisotopic (exact) mass is 1040 g/mol. The first-order valence-electron chi connectivity index (χ1n) is 21.6. The number of aromatic nitrogens is 4. The summed E-state index contributed by atoms with van der Waals surface area (Å²) in [5, 5.41) is 14.3. The summed E-state index contributed by atoms with van der Waals surface area (Å²) < 4.78 is 4.55. The first kappa shape index (κ1) is 42.9. The Kier molecular flexibility index (Phi) is 11.4. The van der Waals surface area contributed by atoms with Gasteiger partial charge in [-0.1, -0.05) is 171 Å². The minimum Gasteiger partial charge on any atom is -0.507 e. The molecule has 0 saturated heterocycles. The largest absolute Gasteiger partial charge is 0.507 e. The Balaban J connectivity index is 0.00000518. The third-order valence-electron chi connectivity index (χ3n) is 12.1. The topological polar surface area (TPSA) is 55.9 Å². The molecule has 0 bridgehead atoms. The van der Waals surface area contributed by atoms with E-state index in [9.17, 15) is 5.11 Å². The fraction of sp³-hybridized carbons (Fsp3) is 0.107. The van der Waals surface area contributed by atoms with Crippen LogP contribution in [0.2, 0.25) is 39.3 Å². The number of phenolic OH excluding ortho intramolecular Hbond substituents is 1. The normalized spacial score (nSPS) is 11.8. The number of hydrogen-bond acceptors (Lipinski definition) is 3. The molecular formula is C56H49N4OPtSi2-. The molecule has 5 nitrogen and oxygen atoms in total. The predicted octanol–water partition coefficient (Wildman–Crippen LogP) is 13.3. The van der Waals surface area contributed by atoms with Gasteiger partial charge in [0.1, 0.15) is 11.6 Å². The van der Waals surface area contributed by atoms with E-state index < -0.39 is 16.1 Å². The van der Waals surface area contributed by atoms with Crippen LogP contribution in [0, 0.1) is 6.07 Å². The van der Waals surface area contributed by atoms with E-state index in [2.05, 4.69) is 200 Å². The quantitative estimate of drug-likeness (QED) is 0.116. The molecule has 10 rings (SSSR count). The first-order valence-corrected chi connectivity index (χ1v) is 28.6. The molecule has 2 heterocycles. The van der Waals surface area contributed by atoms with Crippen LogP contribution in [0.15, 0.2) is 182 Å². The van der Waals surface area contributed by atoms with Crippen LogP contribution in [-0.2, 0) is 21.1 Å². The average Bonchev–Trinajstić information content (AvgIpc) is 3.89. The Morgan fingerprint density at radius 2 is 0.891 bits per heavy atom. The van der Waals surface area contributed by atoms with Crippen molar-refractivity contribution in [3.63, 3.8) is 0 Å². The molecule has 64 heavy (non-hydrogen) atoms. The number of imidazole rings is 2. The molecule has 0 fully saturated rings. The van der Waals surface area contributed by atoms with E-state index in [1.165, 1.54) is 15.9 Å². The number of nitrogens with zero attached hydrogens (tertiary/aromatic N) is 4. The molecule has 0 saturated carbocycles. The Labute approximate surface area is 392 Å². The second-order valence-corrected chi connectivity index (χ2v) is 28.5. The zero-order valence-electron chi connectivity index (χ0n) is 36.9. The molecule has 8 aromatic carbocycles. The summed E-state index contributed by atoms with van der Waals surface area (Å²) in [5.74, 6) is 1.66. The van der Waals surface area contributed by atoms with E-state index in [1.807, 2.05) is 30.3 Å². The Morgan fingerprint density at radius 3 is 1.38 bits per heavy atom. The SMILES string of the molecule is C[Si](C)(C)c1ccc(-n2c(-c3[c-]cccc3)nc3c(-c4cccc5c4nc(-c4ccccc4O)n5-c4ccc([Si](C)(C)C)cc4-c4ccccc4)cccc32)c(-c2ccccc2)c1.[Pt]. The van der Waals surface area contributed by atoms with Crippen molar-refractivity contribution in [1.82, 2.24) is 19.1 Å². The van der Waals surface area contributed by atoms with Crippen LogP contribution >= 0.6 is 0 Å². The molecule has 0 atom stereocenters. The summed E-state index contributed by atoms with van der Waals surface area (Å²) in [6, 6.07) is 67.2. The Morgan fingerprint density at radius 1 is 0.438 bits per heavy atom. The Hall–Kier alpha value is -6.38. The van der Waals surface area contributed by atoms with Gasteiger partial charge in [-0.15, -0.1) is 35.9 Å². The average molecular weight is 1050 g/mol. The number of hydrogen-bond donors (Lipinski definition) is 1. The molecule has 8 heteroatoms. The van der Waals surface area contributed by atoms with Crippen molar-refractivity contribution in [2.45, 2.75) is 39.3 Å². The van der Waals surface area contributed by atoms with Gasteiger partial charge in [0, 0.05) is 49.0 Å². The van der Waals surface area contributed by atoms with Crippen molar-refractivity contribution in [3.8, 4) is 73.3 Å². The Bertz CT molecular complexity index is 3310. The number of benzene rings is 8. The zero-order chi connectivity index (χ0) is 43.5. The fourth-order valence-corrected chi connectivity index (χ4v) is 11.1. The van der Waals surface area contributed by atoms with E-state index in [-0.39, 0.29) is 26.8 Å². The van der Waals surface area contributed by atoms with Gasteiger partial charge in [0.25, 0.3) is 0 Å². The molecular weight excluding hydrogens is 996 g/mol. The van der Waals surface area contributed by atoms with Gasteiger partial charge in [-0.05, 0) is 47.5 Å². The van der Waals surface area contributed by atoms with Gasteiger partial charge in [-0.2, -0.15) is 0 Å². The summed E-state index contributed by atoms with van der Waals surface area (Å²) in [4.78, 5) is 11.1. The van der Waals surface area contributed by atoms with Gasteiger partial charge in [0.05, 0.1) is 55.3 Å². The van der Waals surface area contributed by atoms with Crippen molar-refractivity contribution >= 4 is 48.6 Å². The maximum atomic E-state index is 11.5. The molecule has 0 unspecified atom stereocenters. The van der Waals surface area contributed by atoms with E-state index in [0.29, 0.717) is 11.4 Å². The molecule has 0 radical (unpaired) electrons. The third-order valence-corrected chi connectivity index (χ3v) is 16.2. The second-order valence-electron chi connectivity index (χ2n) is 18.4. The van der Waals surface area contributed by atoms with Gasteiger partial charge in [0.2, 0.25) is 0 Å². The van der Waals surface area contributed by atoms with Crippen LogP contribution in [0.5, 0.6) is 5.75 Å². The van der Waals surface area contributed by atoms with E-state index in [4.69, 9.17) is 9.97 Å². The maximum Gasteiger partial charge on any atom is 0.149 e. The maximum absolute atomic E-state index is 11.5. The van der Waals surface area contributed by atoms with Crippen LogP contribution in [0.1, 0.15) is 0 Å². The number of rotatable bonds is 9. The summed E-state index contributed by atoms with van der Waals surface area (Å²) in [6.07, 6.45) is 0. The molecule has 318 valence electrons. The molecule has 10 aromatic rings. The summed E-state index contributed by atoms with van der Waals surface area (Å²) in [6.45, 7) is 14.4. The van der Waals surface area contributed by atoms with Crippen LogP contribution in [0.25, 0.3) is 89.6 Å². The first-order chi connectivity index (χ1) is 30.5. The van der Waals surface area contributed by atoms with Gasteiger partial charge < -0.3 is 9.67 Å². The van der Waals surface area contributed by atoms with Gasteiger partial charge in [-0.25, -0.2) is 4.98 Å². The molecule has 1 N–H and O–H groups in total. The minimum absolute atomic E-state index is 0. The predicted molar refractivity (Wildman–Crippen MR) is 269 cm³/mol. The van der Waals surface area contributed by atoms with E-state index in [0.717, 1.165) is 72.6 Å². The number of fused-ring (bicyclic) bond motifs is 2. The van der Waals surface area contributed by atoms with Crippen molar-refractivity contribution in [3.05, 3.63) is 188 Å². The molecule has 0 aliphatic heterocycles. The standard InChI is InChI=1S/C56H49N4OSi2.Pt/c1-62(2,3)41-32-34-48(46(36-41)38-20-10-7-11-21-38)59-50-29-18-27-43(53(50)57-55(59)40-24-14-9-15-25-40)44-28-19-30-51-54(44)58-56(45-26-16-17-31-52(45)61)60(51)49-35-33-42(63(4,5)6)37-47(49)39-22-12-8-13-23-39;/h7-24,26-37,61H,1-6H3;/q-1;. The van der Waals surface area contributed by atoms with Crippen molar-refractivity contribution in [2.75, 3.05) is 0 Å². The van der Waals surface area contributed by atoms with Crippen LogP contribution in [-0.4, -0.2) is 40.4 Å². The summed E-state index contributed by atoms with van der Waals surface area (Å²) in [5.41, 5.74) is 13.8. The second kappa shape index (κ2) is 17.0. The van der Waals surface area contributed by atoms with Crippen LogP contribution < -0.4 is 10.4 Å². The van der Waals surface area contributed by atoms with Crippen LogP contribution in [0.3, 0.4) is 0 Å². The van der Waals surface area contributed by atoms with Gasteiger partial charge in [-0.3, -0.25) is 9.55 Å². The zero-order valence-corrected chi connectivity index (χ0v) is 41.1. The number of phenols is 1. The van der Waals surface area contributed by atoms with Gasteiger partial charge in [0.15, 0.2) is 0 Å². The van der Waals surface area contributed by atoms with Gasteiger partial charge >= 0.3 is 0 Å². The van der Waals surface area contributed by atoms with Crippen molar-refractivity contribution in [1.29, 1.82) is 0 Å². The molecule has 2 aromatic heterocycles. The summed E-state index contributed by atoms with van der Waals surface area (Å²) >= 11 is 0. The minimum atomic E-state index is -1.69. The number of aromatic hydroxyl groups is 1. The van der Waals surface area contributed by atoms with Crippen molar-refractivity contribution < 1.29 is 26.2 Å². The summed E-state index contributed by atoms with van der Waals surface area (Å²) in [7, 11) is -3.34. The number of para-hydroxylation sites is 3. The van der Waals surface area contributed by atoms with Crippen molar-refractivity contribution in [2.24, 2.45) is 0 Å². The molecule has 0 aliphatic carbocycles. The van der Waals surface area contributed by atoms with Crippen LogP contribution in [0.4, 0.5) is 0 Å². The smallest absolute Gasteiger partial charge is 0.149 e. The molecule has 0 spiro atoms.